The number of fused-ring (bicyclic) bond motifs is 1. The van der Waals surface area contributed by atoms with Crippen LogP contribution in [-0.2, 0) is 6.54 Å². The summed E-state index contributed by atoms with van der Waals surface area (Å²) in [6.45, 7) is 0.479. The molecular weight excluding hydrogens is 252 g/mol. The molecule has 3 aromatic rings. The van der Waals surface area contributed by atoms with Crippen LogP contribution in [0.2, 0.25) is 0 Å². The van der Waals surface area contributed by atoms with Crippen molar-refractivity contribution < 1.29 is 9.84 Å². The van der Waals surface area contributed by atoms with E-state index in [9.17, 15) is 5.11 Å². The molecule has 4 nitrogen and oxygen atoms in total. The van der Waals surface area contributed by atoms with Gasteiger partial charge in [0.15, 0.2) is 0 Å². The maximum Gasteiger partial charge on any atom is 0.118 e. The van der Waals surface area contributed by atoms with Crippen LogP contribution in [0.1, 0.15) is 11.7 Å². The van der Waals surface area contributed by atoms with Gasteiger partial charge in [-0.2, -0.15) is 0 Å². The zero-order valence-electron chi connectivity index (χ0n) is 11.2. The molecule has 2 aromatic carbocycles. The quantitative estimate of drug-likeness (QED) is 0.791. The van der Waals surface area contributed by atoms with Gasteiger partial charge < -0.3 is 14.4 Å². The number of nitrogens with zero attached hydrogens (tertiary/aromatic N) is 2. The summed E-state index contributed by atoms with van der Waals surface area (Å²) in [4.78, 5) is 4.32. The molecule has 0 saturated carbocycles. The molecule has 1 heterocycles. The van der Waals surface area contributed by atoms with E-state index in [0.717, 1.165) is 22.3 Å². The lowest BCUT2D eigenvalue weighted by Crippen LogP contribution is -2.07. The Hall–Kier alpha value is -2.33. The molecule has 0 aliphatic heterocycles. The summed E-state index contributed by atoms with van der Waals surface area (Å²) >= 11 is 0. The van der Waals surface area contributed by atoms with Gasteiger partial charge >= 0.3 is 0 Å². The van der Waals surface area contributed by atoms with Crippen LogP contribution in [-0.4, -0.2) is 21.8 Å². The number of ether oxygens (including phenoxy) is 1. The van der Waals surface area contributed by atoms with Crippen LogP contribution in [0.4, 0.5) is 0 Å². The summed E-state index contributed by atoms with van der Waals surface area (Å²) in [7, 11) is 1.63. The average Bonchev–Trinajstić information content (AvgIpc) is 2.91. The van der Waals surface area contributed by atoms with E-state index in [1.54, 1.807) is 13.4 Å². The fourth-order valence-corrected chi connectivity index (χ4v) is 2.27. The van der Waals surface area contributed by atoms with Crippen LogP contribution in [0.5, 0.6) is 5.75 Å². The lowest BCUT2D eigenvalue weighted by molar-refractivity contribution is 0.158. The first kappa shape index (κ1) is 12.7. The number of rotatable bonds is 4. The van der Waals surface area contributed by atoms with E-state index in [2.05, 4.69) is 4.98 Å². The highest BCUT2D eigenvalue weighted by Crippen LogP contribution is 2.21. The van der Waals surface area contributed by atoms with Gasteiger partial charge in [-0.05, 0) is 29.8 Å². The molecule has 0 aliphatic carbocycles. The van der Waals surface area contributed by atoms with Gasteiger partial charge in [0.25, 0.3) is 0 Å². The summed E-state index contributed by atoms with van der Waals surface area (Å²) in [5, 5.41) is 10.3. The second-order valence-corrected chi connectivity index (χ2v) is 4.67. The maximum atomic E-state index is 10.3. The molecule has 0 radical (unpaired) electrons. The van der Waals surface area contributed by atoms with E-state index in [-0.39, 0.29) is 0 Å². The van der Waals surface area contributed by atoms with Crippen molar-refractivity contribution in [3.05, 3.63) is 60.4 Å². The topological polar surface area (TPSA) is 47.3 Å². The number of hydrogen-bond acceptors (Lipinski definition) is 3. The Morgan fingerprint density at radius 3 is 2.65 bits per heavy atom. The molecule has 1 aromatic heterocycles. The molecule has 0 unspecified atom stereocenters. The molecule has 0 saturated heterocycles. The van der Waals surface area contributed by atoms with Crippen LogP contribution in [0.15, 0.2) is 54.9 Å². The minimum atomic E-state index is -0.571. The Morgan fingerprint density at radius 2 is 1.90 bits per heavy atom. The second kappa shape index (κ2) is 5.35. The van der Waals surface area contributed by atoms with Crippen LogP contribution in [0.3, 0.4) is 0 Å². The van der Waals surface area contributed by atoms with Crippen LogP contribution >= 0.6 is 0 Å². The summed E-state index contributed by atoms with van der Waals surface area (Å²) in [5.74, 6) is 0.786. The van der Waals surface area contributed by atoms with Gasteiger partial charge in [-0.1, -0.05) is 24.3 Å². The lowest BCUT2D eigenvalue weighted by Gasteiger charge is -2.13. The Bertz CT molecular complexity index is 704. The molecule has 3 rings (SSSR count). The Balaban J connectivity index is 1.82. The lowest BCUT2D eigenvalue weighted by atomic mass is 10.1. The standard InChI is InChI=1S/C16H16N2O2/c1-20-13-8-6-12(7-9-13)16(19)10-18-11-17-14-4-2-3-5-15(14)18/h2-9,11,16,19H,10H2,1H3/t16-/m1/s1. The van der Waals surface area contributed by atoms with Crippen LogP contribution in [0, 0.1) is 0 Å². The van der Waals surface area contributed by atoms with Gasteiger partial charge in [0.2, 0.25) is 0 Å². The number of hydrogen-bond donors (Lipinski definition) is 1. The smallest absolute Gasteiger partial charge is 0.118 e. The highest BCUT2D eigenvalue weighted by molar-refractivity contribution is 5.74. The minimum Gasteiger partial charge on any atom is -0.497 e. The van der Waals surface area contributed by atoms with Crippen molar-refractivity contribution in [3.8, 4) is 5.75 Å². The first-order chi connectivity index (χ1) is 9.78. The first-order valence-corrected chi connectivity index (χ1v) is 6.50. The van der Waals surface area contributed by atoms with Gasteiger partial charge in [-0.3, -0.25) is 0 Å². The van der Waals surface area contributed by atoms with E-state index in [1.807, 2.05) is 53.1 Å². The van der Waals surface area contributed by atoms with E-state index in [0.29, 0.717) is 6.54 Å². The fourth-order valence-electron chi connectivity index (χ4n) is 2.27. The van der Waals surface area contributed by atoms with E-state index < -0.39 is 6.10 Å². The molecular formula is C16H16N2O2. The van der Waals surface area contributed by atoms with Crippen LogP contribution in [0.25, 0.3) is 11.0 Å². The van der Waals surface area contributed by atoms with Gasteiger partial charge in [0.1, 0.15) is 5.75 Å². The molecule has 20 heavy (non-hydrogen) atoms. The number of para-hydroxylation sites is 2. The number of aliphatic hydroxyl groups excluding tert-OH is 1. The molecule has 4 heteroatoms. The number of benzene rings is 2. The summed E-state index contributed by atoms with van der Waals surface area (Å²) < 4.78 is 7.08. The number of methoxy groups -OCH3 is 1. The third-order valence-electron chi connectivity index (χ3n) is 3.40. The Labute approximate surface area is 117 Å². The number of aromatic nitrogens is 2. The number of aliphatic hydroxyl groups is 1. The summed E-state index contributed by atoms with van der Waals surface area (Å²) in [6, 6.07) is 15.4. The fraction of sp³-hybridized carbons (Fsp3) is 0.188. The van der Waals surface area contributed by atoms with Crippen molar-refractivity contribution in [1.29, 1.82) is 0 Å². The number of imidazole rings is 1. The SMILES string of the molecule is COc1ccc([C@H](O)Cn2cnc3ccccc32)cc1. The van der Waals surface area contributed by atoms with Crippen molar-refractivity contribution in [2.75, 3.05) is 7.11 Å². The highest BCUT2D eigenvalue weighted by atomic mass is 16.5. The van der Waals surface area contributed by atoms with Crippen molar-refractivity contribution >= 4 is 11.0 Å². The van der Waals surface area contributed by atoms with Crippen molar-refractivity contribution in [2.24, 2.45) is 0 Å². The van der Waals surface area contributed by atoms with Crippen molar-refractivity contribution in [2.45, 2.75) is 12.6 Å². The largest absolute Gasteiger partial charge is 0.497 e. The second-order valence-electron chi connectivity index (χ2n) is 4.67. The third kappa shape index (κ3) is 2.38. The third-order valence-corrected chi connectivity index (χ3v) is 3.40. The minimum absolute atomic E-state index is 0.479. The molecule has 1 N–H and O–H groups in total. The van der Waals surface area contributed by atoms with Gasteiger partial charge in [0.05, 0.1) is 37.1 Å². The molecule has 0 bridgehead atoms. The Kier molecular flexibility index (Phi) is 3.39. The molecule has 1 atom stereocenters. The summed E-state index contributed by atoms with van der Waals surface area (Å²) in [6.07, 6.45) is 1.19. The average molecular weight is 268 g/mol. The van der Waals surface area contributed by atoms with E-state index in [4.69, 9.17) is 4.74 Å². The Morgan fingerprint density at radius 1 is 1.15 bits per heavy atom. The van der Waals surface area contributed by atoms with Crippen LogP contribution < -0.4 is 4.74 Å². The maximum absolute atomic E-state index is 10.3. The zero-order valence-corrected chi connectivity index (χ0v) is 11.2. The summed E-state index contributed by atoms with van der Waals surface area (Å²) in [5.41, 5.74) is 2.83. The van der Waals surface area contributed by atoms with Crippen molar-refractivity contribution in [1.82, 2.24) is 9.55 Å². The predicted molar refractivity (Wildman–Crippen MR) is 77.7 cm³/mol. The normalized spacial score (nSPS) is 12.5. The van der Waals surface area contributed by atoms with Gasteiger partial charge in [0, 0.05) is 0 Å². The zero-order chi connectivity index (χ0) is 13.9. The van der Waals surface area contributed by atoms with Crippen molar-refractivity contribution in [3.63, 3.8) is 0 Å². The van der Waals surface area contributed by atoms with Gasteiger partial charge in [-0.25, -0.2) is 4.98 Å². The highest BCUT2D eigenvalue weighted by Gasteiger charge is 2.10. The van der Waals surface area contributed by atoms with Gasteiger partial charge in [-0.15, -0.1) is 0 Å². The van der Waals surface area contributed by atoms with E-state index in [1.165, 1.54) is 0 Å². The van der Waals surface area contributed by atoms with E-state index >= 15 is 0 Å². The first-order valence-electron chi connectivity index (χ1n) is 6.50. The molecule has 0 fully saturated rings. The molecule has 0 amide bonds. The molecule has 0 aliphatic rings. The predicted octanol–water partition coefficient (Wildman–Crippen LogP) is 2.78. The monoisotopic (exact) mass is 268 g/mol. The molecule has 102 valence electrons. The molecule has 0 spiro atoms.